The number of unbranched alkanes of at least 4 members (excludes halogenated alkanes) is 2. The van der Waals surface area contributed by atoms with Gasteiger partial charge < -0.3 is 4.74 Å². The van der Waals surface area contributed by atoms with Gasteiger partial charge in [-0.25, -0.2) is 0 Å². The predicted octanol–water partition coefficient (Wildman–Crippen LogP) is 3.89. The summed E-state index contributed by atoms with van der Waals surface area (Å²) in [6.45, 7) is 7.36. The molecule has 0 aliphatic carbocycles. The number of carbonyl (C=O) groups is 2. The molecule has 0 spiro atoms. The summed E-state index contributed by atoms with van der Waals surface area (Å²) in [6, 6.07) is 0. The first-order valence-electron chi connectivity index (χ1n) is 6.67. The summed E-state index contributed by atoms with van der Waals surface area (Å²) in [5, 5.41) is -0.102. The van der Waals surface area contributed by atoms with Gasteiger partial charge in [-0.05, 0) is 20.3 Å². The Labute approximate surface area is 120 Å². The van der Waals surface area contributed by atoms with E-state index in [1.807, 2.05) is 12.2 Å². The number of rotatable bonds is 8. The van der Waals surface area contributed by atoms with Crippen molar-refractivity contribution in [3.63, 3.8) is 0 Å². The zero-order valence-electron chi connectivity index (χ0n) is 12.3. The van der Waals surface area contributed by atoms with Crippen LogP contribution in [0, 0.1) is 0 Å². The van der Waals surface area contributed by atoms with Crippen molar-refractivity contribution in [2.75, 3.05) is 6.61 Å². The van der Waals surface area contributed by atoms with Crippen molar-refractivity contribution in [2.24, 2.45) is 0 Å². The second-order valence-electron chi connectivity index (χ2n) is 4.35. The third-order valence-electron chi connectivity index (χ3n) is 2.42. The smallest absolute Gasteiger partial charge is 0.326 e. The van der Waals surface area contributed by atoms with E-state index in [1.165, 1.54) is 6.92 Å². The lowest BCUT2D eigenvalue weighted by Crippen LogP contribution is -2.32. The van der Waals surface area contributed by atoms with Gasteiger partial charge in [0.1, 0.15) is 4.75 Å². The van der Waals surface area contributed by atoms with Gasteiger partial charge in [-0.3, -0.25) is 9.59 Å². The summed E-state index contributed by atoms with van der Waals surface area (Å²) in [5.41, 5.74) is 0. The third kappa shape index (κ3) is 7.88. The van der Waals surface area contributed by atoms with Crippen molar-refractivity contribution in [3.8, 4) is 0 Å². The molecule has 0 saturated carbocycles. The first-order chi connectivity index (χ1) is 8.96. The Bertz CT molecular complexity index is 347. The molecule has 108 valence electrons. The molecule has 0 aromatic carbocycles. The highest BCUT2D eigenvalue weighted by Gasteiger charge is 2.34. The molecule has 19 heavy (non-hydrogen) atoms. The quantitative estimate of drug-likeness (QED) is 0.385. The molecule has 0 bridgehead atoms. The van der Waals surface area contributed by atoms with Crippen molar-refractivity contribution in [1.82, 2.24) is 0 Å². The van der Waals surface area contributed by atoms with Crippen LogP contribution in [0.2, 0.25) is 0 Å². The van der Waals surface area contributed by atoms with Crippen molar-refractivity contribution in [1.29, 1.82) is 0 Å². The molecule has 0 aromatic heterocycles. The van der Waals surface area contributed by atoms with Gasteiger partial charge in [-0.1, -0.05) is 55.8 Å². The number of allylic oxidation sites excluding steroid dienone is 3. The number of esters is 1. The van der Waals surface area contributed by atoms with E-state index >= 15 is 0 Å². The first kappa shape index (κ1) is 18.0. The van der Waals surface area contributed by atoms with Crippen LogP contribution in [0.4, 0.5) is 0 Å². The van der Waals surface area contributed by atoms with E-state index in [0.29, 0.717) is 6.61 Å². The molecule has 1 atom stereocenters. The van der Waals surface area contributed by atoms with Crippen LogP contribution in [0.15, 0.2) is 24.3 Å². The van der Waals surface area contributed by atoms with Gasteiger partial charge in [0.05, 0.1) is 6.61 Å². The average Bonchev–Trinajstić information content (AvgIpc) is 2.33. The largest absolute Gasteiger partial charge is 0.465 e. The minimum atomic E-state index is -0.947. The molecule has 3 nitrogen and oxygen atoms in total. The highest BCUT2D eigenvalue weighted by Crippen LogP contribution is 2.29. The maximum Gasteiger partial charge on any atom is 0.326 e. The lowest BCUT2D eigenvalue weighted by Gasteiger charge is -2.21. The molecule has 0 fully saturated rings. The van der Waals surface area contributed by atoms with Crippen molar-refractivity contribution >= 4 is 22.8 Å². The van der Waals surface area contributed by atoms with Gasteiger partial charge >= 0.3 is 5.97 Å². The Hall–Kier alpha value is -1.03. The molecular weight excluding hydrogens is 260 g/mol. The molecule has 1 unspecified atom stereocenters. The third-order valence-corrected chi connectivity index (χ3v) is 3.44. The van der Waals surface area contributed by atoms with E-state index in [1.54, 1.807) is 19.9 Å². The minimum absolute atomic E-state index is 0.102. The van der Waals surface area contributed by atoms with Crippen molar-refractivity contribution in [2.45, 2.75) is 51.7 Å². The van der Waals surface area contributed by atoms with Crippen LogP contribution in [-0.4, -0.2) is 22.4 Å². The molecule has 0 rings (SSSR count). The van der Waals surface area contributed by atoms with Crippen LogP contribution < -0.4 is 0 Å². The average molecular weight is 284 g/mol. The Morgan fingerprint density at radius 3 is 2.47 bits per heavy atom. The summed E-state index contributed by atoms with van der Waals surface area (Å²) in [7, 11) is 0. The highest BCUT2D eigenvalue weighted by atomic mass is 32.2. The Balaban J connectivity index is 4.66. The zero-order valence-corrected chi connectivity index (χ0v) is 13.1. The fourth-order valence-electron chi connectivity index (χ4n) is 1.45. The monoisotopic (exact) mass is 284 g/mol. The summed E-state index contributed by atoms with van der Waals surface area (Å²) < 4.78 is 4.07. The molecule has 0 aliphatic rings. The van der Waals surface area contributed by atoms with Gasteiger partial charge in [0.2, 0.25) is 0 Å². The van der Waals surface area contributed by atoms with Crippen molar-refractivity contribution < 1.29 is 14.3 Å². The first-order valence-corrected chi connectivity index (χ1v) is 7.49. The molecular formula is C15H24O3S. The fraction of sp³-hybridized carbons (Fsp3) is 0.600. The summed E-state index contributed by atoms with van der Waals surface area (Å²) >= 11 is 0.984. The zero-order chi connectivity index (χ0) is 14.7. The van der Waals surface area contributed by atoms with E-state index < -0.39 is 4.75 Å². The van der Waals surface area contributed by atoms with Crippen LogP contribution in [0.5, 0.6) is 0 Å². The van der Waals surface area contributed by atoms with Gasteiger partial charge in [0, 0.05) is 6.92 Å². The topological polar surface area (TPSA) is 43.4 Å². The van der Waals surface area contributed by atoms with Crippen LogP contribution in [0.1, 0.15) is 47.0 Å². The van der Waals surface area contributed by atoms with E-state index in [2.05, 4.69) is 13.0 Å². The highest BCUT2D eigenvalue weighted by molar-refractivity contribution is 8.15. The van der Waals surface area contributed by atoms with Crippen LogP contribution in [-0.2, 0) is 14.3 Å². The number of carbonyl (C=O) groups excluding carboxylic acids is 2. The minimum Gasteiger partial charge on any atom is -0.465 e. The number of hydrogen-bond acceptors (Lipinski definition) is 4. The molecule has 0 aliphatic heterocycles. The van der Waals surface area contributed by atoms with Crippen LogP contribution >= 0.6 is 11.8 Å². The fourth-order valence-corrected chi connectivity index (χ4v) is 2.34. The Kier molecular flexibility index (Phi) is 9.31. The molecule has 0 N–H and O–H groups in total. The molecule has 0 aromatic rings. The SMILES string of the molecule is CCCC/C=C/C=C/C(C)(SC(C)=O)C(=O)OCC. The number of thioether (sulfide) groups is 1. The standard InChI is InChI=1S/C15H24O3S/c1-5-7-8-9-10-11-12-15(4,19-13(3)16)14(17)18-6-2/h9-12H,5-8H2,1-4H3/b10-9+,12-11+. The van der Waals surface area contributed by atoms with Gasteiger partial charge in [0.25, 0.3) is 0 Å². The van der Waals surface area contributed by atoms with E-state index in [-0.39, 0.29) is 11.1 Å². The number of ether oxygens (including phenoxy) is 1. The maximum absolute atomic E-state index is 11.9. The van der Waals surface area contributed by atoms with Crippen molar-refractivity contribution in [3.05, 3.63) is 24.3 Å². The summed E-state index contributed by atoms with van der Waals surface area (Å²) in [5.74, 6) is -0.381. The molecule has 0 radical (unpaired) electrons. The Morgan fingerprint density at radius 1 is 1.26 bits per heavy atom. The molecule has 0 amide bonds. The van der Waals surface area contributed by atoms with Crippen LogP contribution in [0.3, 0.4) is 0 Å². The Morgan fingerprint density at radius 2 is 1.95 bits per heavy atom. The normalized spacial score (nSPS) is 14.7. The van der Waals surface area contributed by atoms with E-state index in [4.69, 9.17) is 4.74 Å². The van der Waals surface area contributed by atoms with Gasteiger partial charge in [-0.15, -0.1) is 0 Å². The van der Waals surface area contributed by atoms with Gasteiger partial charge in [-0.2, -0.15) is 0 Å². The van der Waals surface area contributed by atoms with Crippen LogP contribution in [0.25, 0.3) is 0 Å². The lowest BCUT2D eigenvalue weighted by atomic mass is 10.1. The number of hydrogen-bond donors (Lipinski definition) is 0. The second kappa shape index (κ2) is 9.84. The van der Waals surface area contributed by atoms with E-state index in [9.17, 15) is 9.59 Å². The van der Waals surface area contributed by atoms with Gasteiger partial charge in [0.15, 0.2) is 5.12 Å². The second-order valence-corrected chi connectivity index (χ2v) is 5.98. The lowest BCUT2D eigenvalue weighted by molar-refractivity contribution is -0.144. The predicted molar refractivity (Wildman–Crippen MR) is 81.1 cm³/mol. The summed E-state index contributed by atoms with van der Waals surface area (Å²) in [4.78, 5) is 23.1. The summed E-state index contributed by atoms with van der Waals surface area (Å²) in [6.07, 6.45) is 10.8. The molecule has 0 heterocycles. The molecule has 0 saturated heterocycles. The maximum atomic E-state index is 11.9. The van der Waals surface area contributed by atoms with E-state index in [0.717, 1.165) is 31.0 Å². The molecule has 4 heteroatoms.